The molecule has 114 valence electrons. The van der Waals surface area contributed by atoms with E-state index in [1.54, 1.807) is 6.07 Å². The molecule has 1 aromatic heterocycles. The Kier molecular flexibility index (Phi) is 4.55. The first-order valence-corrected chi connectivity index (χ1v) is 8.09. The fourth-order valence-electron chi connectivity index (χ4n) is 1.58. The Bertz CT molecular complexity index is 760. The van der Waals surface area contributed by atoms with Crippen LogP contribution >= 0.6 is 11.3 Å². The molecule has 2 aromatic rings. The maximum Gasteiger partial charge on any atom is 0.271 e. The van der Waals surface area contributed by atoms with Crippen LogP contribution in [0.5, 0.6) is 0 Å². The maximum atomic E-state index is 13.5. The molecular weight excluding hydrogens is 325 g/mol. The second-order valence-electron chi connectivity index (χ2n) is 4.11. The number of nitrogens with one attached hydrogen (secondary N) is 1. The van der Waals surface area contributed by atoms with E-state index in [1.807, 2.05) is 4.72 Å². The highest BCUT2D eigenvalue weighted by molar-refractivity contribution is 7.94. The number of thiophene rings is 1. The monoisotopic (exact) mass is 336 g/mol. The minimum atomic E-state index is -4.06. The molecule has 1 heterocycles. The normalized spacial score (nSPS) is 11.6. The molecular formula is C12H11F3N2O2S2. The fraction of sp³-hybridized carbons (Fsp3) is 0.167. The molecule has 0 radical (unpaired) electrons. The van der Waals surface area contributed by atoms with E-state index in [2.05, 4.69) is 0 Å². The van der Waals surface area contributed by atoms with Gasteiger partial charge in [0.05, 0.1) is 5.69 Å². The summed E-state index contributed by atoms with van der Waals surface area (Å²) in [6, 6.07) is 3.67. The predicted molar refractivity (Wildman–Crippen MR) is 74.2 cm³/mol. The minimum Gasteiger partial charge on any atom is -0.330 e. The van der Waals surface area contributed by atoms with Gasteiger partial charge in [-0.2, -0.15) is 0 Å². The molecule has 1 aromatic carbocycles. The lowest BCUT2D eigenvalue weighted by molar-refractivity contribution is 0.496. The van der Waals surface area contributed by atoms with Gasteiger partial charge < -0.3 is 5.73 Å². The number of nitrogens with two attached hydrogens (primary N) is 1. The number of halogens is 3. The predicted octanol–water partition coefficient (Wildman–Crippen LogP) is 2.47. The zero-order valence-electron chi connectivity index (χ0n) is 10.6. The van der Waals surface area contributed by atoms with E-state index in [0.29, 0.717) is 19.0 Å². The molecule has 0 amide bonds. The summed E-state index contributed by atoms with van der Waals surface area (Å²) in [5.41, 5.74) is 4.72. The van der Waals surface area contributed by atoms with Gasteiger partial charge >= 0.3 is 0 Å². The third-order valence-electron chi connectivity index (χ3n) is 2.55. The van der Waals surface area contributed by atoms with E-state index in [1.165, 1.54) is 6.07 Å². The highest BCUT2D eigenvalue weighted by Gasteiger charge is 2.20. The zero-order chi connectivity index (χ0) is 15.6. The number of hydrogen-bond acceptors (Lipinski definition) is 4. The van der Waals surface area contributed by atoms with Gasteiger partial charge in [-0.1, -0.05) is 0 Å². The zero-order valence-corrected chi connectivity index (χ0v) is 12.2. The van der Waals surface area contributed by atoms with Crippen molar-refractivity contribution in [1.29, 1.82) is 0 Å². The summed E-state index contributed by atoms with van der Waals surface area (Å²) in [5.74, 6) is -3.93. The second-order valence-corrected chi connectivity index (χ2v) is 7.19. The summed E-state index contributed by atoms with van der Waals surface area (Å²) in [5, 5.41) is 0. The molecule has 0 unspecified atom stereocenters. The van der Waals surface area contributed by atoms with E-state index < -0.39 is 33.2 Å². The fourth-order valence-corrected chi connectivity index (χ4v) is 4.00. The van der Waals surface area contributed by atoms with Crippen molar-refractivity contribution in [2.24, 2.45) is 5.73 Å². The van der Waals surface area contributed by atoms with Crippen LogP contribution in [0.4, 0.5) is 18.9 Å². The Morgan fingerprint density at radius 1 is 1.10 bits per heavy atom. The standard InChI is InChI=1S/C12H11F3N2O2S2/c13-8-5-10(15)11(6-9(8)14)17-21(18,19)12-2-1-7(20-12)3-4-16/h1-2,5-6,17H,3-4,16H2. The lowest BCUT2D eigenvalue weighted by Gasteiger charge is -2.07. The number of sulfonamides is 1. The minimum absolute atomic E-state index is 0.0601. The summed E-state index contributed by atoms with van der Waals surface area (Å²) >= 11 is 0.976. The van der Waals surface area contributed by atoms with E-state index >= 15 is 0 Å². The van der Waals surface area contributed by atoms with Crippen LogP contribution in [0.3, 0.4) is 0 Å². The molecule has 0 aliphatic rings. The molecule has 0 atom stereocenters. The van der Waals surface area contributed by atoms with Crippen LogP contribution in [-0.4, -0.2) is 15.0 Å². The van der Waals surface area contributed by atoms with Crippen LogP contribution in [0, 0.1) is 17.5 Å². The summed E-state index contributed by atoms with van der Waals surface area (Å²) in [4.78, 5) is 0.753. The Morgan fingerprint density at radius 2 is 1.76 bits per heavy atom. The van der Waals surface area contributed by atoms with Crippen molar-refractivity contribution in [3.63, 3.8) is 0 Å². The topological polar surface area (TPSA) is 72.2 Å². The van der Waals surface area contributed by atoms with Gasteiger partial charge in [0.1, 0.15) is 10.0 Å². The van der Waals surface area contributed by atoms with Crippen LogP contribution in [0.15, 0.2) is 28.5 Å². The van der Waals surface area contributed by atoms with E-state index in [4.69, 9.17) is 5.73 Å². The van der Waals surface area contributed by atoms with Gasteiger partial charge in [-0.15, -0.1) is 11.3 Å². The summed E-state index contributed by atoms with van der Waals surface area (Å²) in [6.07, 6.45) is 0.514. The van der Waals surface area contributed by atoms with Gasteiger partial charge in [-0.05, 0) is 25.1 Å². The van der Waals surface area contributed by atoms with Crippen LogP contribution in [-0.2, 0) is 16.4 Å². The molecule has 0 aliphatic heterocycles. The first-order valence-electron chi connectivity index (χ1n) is 5.79. The summed E-state index contributed by atoms with van der Waals surface area (Å²) in [7, 11) is -4.06. The number of hydrogen-bond donors (Lipinski definition) is 2. The first kappa shape index (κ1) is 15.8. The van der Waals surface area contributed by atoms with Gasteiger partial charge in [0, 0.05) is 17.0 Å². The lowest BCUT2D eigenvalue weighted by Crippen LogP contribution is -2.13. The van der Waals surface area contributed by atoms with Gasteiger partial charge in [-0.3, -0.25) is 4.72 Å². The highest BCUT2D eigenvalue weighted by Crippen LogP contribution is 2.26. The molecule has 9 heteroatoms. The Hall–Kier alpha value is -1.58. The second kappa shape index (κ2) is 6.04. The molecule has 0 bridgehead atoms. The number of benzene rings is 1. The molecule has 0 saturated carbocycles. The van der Waals surface area contributed by atoms with Crippen molar-refractivity contribution in [2.45, 2.75) is 10.6 Å². The number of anilines is 1. The van der Waals surface area contributed by atoms with Crippen molar-refractivity contribution in [3.05, 3.63) is 46.6 Å². The summed E-state index contributed by atoms with van der Waals surface area (Å²) in [6.45, 7) is 0.366. The Morgan fingerprint density at radius 3 is 2.43 bits per heavy atom. The van der Waals surface area contributed by atoms with Crippen LogP contribution in [0.25, 0.3) is 0 Å². The van der Waals surface area contributed by atoms with Crippen molar-refractivity contribution < 1.29 is 21.6 Å². The van der Waals surface area contributed by atoms with Gasteiger partial charge in [0.15, 0.2) is 11.6 Å². The average molecular weight is 336 g/mol. The van der Waals surface area contributed by atoms with Gasteiger partial charge in [0.25, 0.3) is 10.0 Å². The molecule has 4 nitrogen and oxygen atoms in total. The Labute approximate surface area is 123 Å². The third kappa shape index (κ3) is 3.55. The average Bonchev–Trinajstić information content (AvgIpc) is 2.86. The molecule has 0 aliphatic carbocycles. The SMILES string of the molecule is NCCc1ccc(S(=O)(=O)Nc2cc(F)c(F)cc2F)s1. The lowest BCUT2D eigenvalue weighted by atomic mass is 10.3. The highest BCUT2D eigenvalue weighted by atomic mass is 32.2. The first-order chi connectivity index (χ1) is 9.83. The van der Waals surface area contributed by atoms with E-state index in [9.17, 15) is 21.6 Å². The van der Waals surface area contributed by atoms with Crippen molar-refractivity contribution in [3.8, 4) is 0 Å². The molecule has 2 rings (SSSR count). The molecule has 0 spiro atoms. The molecule has 0 saturated heterocycles. The van der Waals surface area contributed by atoms with Gasteiger partial charge in [0.2, 0.25) is 0 Å². The third-order valence-corrected chi connectivity index (χ3v) is 5.55. The van der Waals surface area contributed by atoms with Crippen LogP contribution < -0.4 is 10.5 Å². The molecule has 0 fully saturated rings. The molecule has 3 N–H and O–H groups in total. The van der Waals surface area contributed by atoms with Crippen molar-refractivity contribution in [1.82, 2.24) is 0 Å². The van der Waals surface area contributed by atoms with E-state index in [-0.39, 0.29) is 10.3 Å². The largest absolute Gasteiger partial charge is 0.330 e. The smallest absolute Gasteiger partial charge is 0.271 e. The summed E-state index contributed by atoms with van der Waals surface area (Å²) < 4.78 is 65.3. The van der Waals surface area contributed by atoms with Crippen molar-refractivity contribution >= 4 is 27.0 Å². The van der Waals surface area contributed by atoms with Crippen molar-refractivity contribution in [2.75, 3.05) is 11.3 Å². The number of rotatable bonds is 5. The Balaban J connectivity index is 2.30. The maximum absolute atomic E-state index is 13.5. The van der Waals surface area contributed by atoms with E-state index in [0.717, 1.165) is 16.2 Å². The van der Waals surface area contributed by atoms with Crippen LogP contribution in [0.1, 0.15) is 4.88 Å². The molecule has 21 heavy (non-hydrogen) atoms. The quantitative estimate of drug-likeness (QED) is 0.824. The van der Waals surface area contributed by atoms with Gasteiger partial charge in [-0.25, -0.2) is 21.6 Å². The van der Waals surface area contributed by atoms with Crippen LogP contribution in [0.2, 0.25) is 0 Å².